The molecule has 4 nitrogen and oxygen atoms in total. The second-order valence-electron chi connectivity index (χ2n) is 5.72. The lowest BCUT2D eigenvalue weighted by molar-refractivity contribution is 0.253. The molecule has 1 aliphatic rings. The Hall–Kier alpha value is -1.76. The Morgan fingerprint density at radius 1 is 1.04 bits per heavy atom. The van der Waals surface area contributed by atoms with Crippen LogP contribution in [0.4, 0.5) is 0 Å². The summed E-state index contributed by atoms with van der Waals surface area (Å²) >= 11 is 7.44. The molecular weight excluding hydrogens is 324 g/mol. The summed E-state index contributed by atoms with van der Waals surface area (Å²) in [5, 5.41) is 6.91. The number of hydrogen-bond acceptors (Lipinski definition) is 4. The van der Waals surface area contributed by atoms with Crippen LogP contribution in [0.3, 0.4) is 0 Å². The maximum atomic E-state index is 5.74. The highest BCUT2D eigenvalue weighted by atomic mass is 32.1. The zero-order valence-corrected chi connectivity index (χ0v) is 14.4. The molecule has 118 valence electrons. The Morgan fingerprint density at radius 3 is 2.52 bits per heavy atom. The van der Waals surface area contributed by atoms with Crippen LogP contribution in [-0.2, 0) is 6.67 Å². The number of thiophene rings is 1. The van der Waals surface area contributed by atoms with Gasteiger partial charge in [0, 0.05) is 5.69 Å². The first-order valence-corrected chi connectivity index (χ1v) is 9.13. The van der Waals surface area contributed by atoms with Crippen LogP contribution in [0.5, 0.6) is 0 Å². The Balaban J connectivity index is 1.82. The highest BCUT2D eigenvalue weighted by Crippen LogP contribution is 2.26. The smallest absolute Gasteiger partial charge is 0.204 e. The zero-order valence-electron chi connectivity index (χ0n) is 12.8. The molecule has 1 saturated heterocycles. The van der Waals surface area contributed by atoms with Crippen LogP contribution >= 0.6 is 23.6 Å². The number of para-hydroxylation sites is 1. The van der Waals surface area contributed by atoms with Crippen molar-refractivity contribution in [2.75, 3.05) is 13.1 Å². The Kier molecular flexibility index (Phi) is 4.11. The number of nitrogens with zero attached hydrogens (tertiary/aromatic N) is 4. The van der Waals surface area contributed by atoms with Gasteiger partial charge in [0.05, 0.1) is 11.5 Å². The summed E-state index contributed by atoms with van der Waals surface area (Å²) in [4.78, 5) is 3.55. The van der Waals surface area contributed by atoms with E-state index in [9.17, 15) is 0 Å². The Labute approximate surface area is 144 Å². The zero-order chi connectivity index (χ0) is 15.6. The van der Waals surface area contributed by atoms with Crippen LogP contribution in [-0.4, -0.2) is 32.3 Å². The number of benzene rings is 1. The first kappa shape index (κ1) is 14.8. The van der Waals surface area contributed by atoms with Crippen molar-refractivity contribution in [3.63, 3.8) is 0 Å². The summed E-state index contributed by atoms with van der Waals surface area (Å²) in [6.07, 6.45) is 2.54. The monoisotopic (exact) mass is 342 g/mol. The van der Waals surface area contributed by atoms with E-state index in [1.165, 1.54) is 12.8 Å². The molecule has 0 N–H and O–H groups in total. The van der Waals surface area contributed by atoms with Crippen molar-refractivity contribution < 1.29 is 0 Å². The average molecular weight is 342 g/mol. The topological polar surface area (TPSA) is 26.0 Å². The van der Waals surface area contributed by atoms with Gasteiger partial charge in [-0.15, -0.1) is 16.4 Å². The first-order chi connectivity index (χ1) is 11.3. The van der Waals surface area contributed by atoms with E-state index in [2.05, 4.69) is 39.1 Å². The third-order valence-corrected chi connectivity index (χ3v) is 5.39. The van der Waals surface area contributed by atoms with E-state index in [1.54, 1.807) is 11.3 Å². The molecule has 0 spiro atoms. The van der Waals surface area contributed by atoms with Gasteiger partial charge in [-0.3, -0.25) is 9.47 Å². The molecule has 0 amide bonds. The maximum absolute atomic E-state index is 5.74. The number of rotatable bonds is 4. The van der Waals surface area contributed by atoms with Crippen LogP contribution in [0, 0.1) is 4.77 Å². The van der Waals surface area contributed by atoms with E-state index >= 15 is 0 Å². The fraction of sp³-hybridized carbons (Fsp3) is 0.294. The second kappa shape index (κ2) is 6.39. The third kappa shape index (κ3) is 2.89. The minimum atomic E-state index is 0.756. The van der Waals surface area contributed by atoms with E-state index in [0.29, 0.717) is 0 Å². The van der Waals surface area contributed by atoms with Crippen LogP contribution in [0.25, 0.3) is 16.4 Å². The SMILES string of the molecule is S=c1n(CN2CCCC2)nc(-c2cccs2)n1-c1ccccc1. The number of likely N-dealkylation sites (tertiary alicyclic amines) is 1. The number of hydrogen-bond donors (Lipinski definition) is 0. The van der Waals surface area contributed by atoms with Crippen molar-refractivity contribution in [2.24, 2.45) is 0 Å². The highest BCUT2D eigenvalue weighted by Gasteiger charge is 2.18. The normalized spacial score (nSPS) is 15.3. The molecular formula is C17H18N4S2. The van der Waals surface area contributed by atoms with Gasteiger partial charge in [-0.05, 0) is 61.7 Å². The lowest BCUT2D eigenvalue weighted by atomic mass is 10.3. The van der Waals surface area contributed by atoms with Crippen molar-refractivity contribution in [2.45, 2.75) is 19.5 Å². The predicted molar refractivity (Wildman–Crippen MR) is 96.5 cm³/mol. The van der Waals surface area contributed by atoms with Crippen molar-refractivity contribution in [3.05, 3.63) is 52.6 Å². The largest absolute Gasteiger partial charge is 0.284 e. The van der Waals surface area contributed by atoms with Gasteiger partial charge in [0.2, 0.25) is 4.77 Å². The van der Waals surface area contributed by atoms with Crippen molar-refractivity contribution in [3.8, 4) is 16.4 Å². The third-order valence-electron chi connectivity index (χ3n) is 4.13. The van der Waals surface area contributed by atoms with Gasteiger partial charge >= 0.3 is 0 Å². The summed E-state index contributed by atoms with van der Waals surface area (Å²) in [6.45, 7) is 3.04. The molecule has 0 bridgehead atoms. The van der Waals surface area contributed by atoms with Crippen LogP contribution < -0.4 is 0 Å². The van der Waals surface area contributed by atoms with Gasteiger partial charge in [0.15, 0.2) is 5.82 Å². The molecule has 1 fully saturated rings. The van der Waals surface area contributed by atoms with E-state index in [-0.39, 0.29) is 0 Å². The van der Waals surface area contributed by atoms with E-state index in [0.717, 1.165) is 40.9 Å². The van der Waals surface area contributed by atoms with Crippen molar-refractivity contribution in [1.82, 2.24) is 19.2 Å². The molecule has 23 heavy (non-hydrogen) atoms. The standard InChI is InChI=1S/C17H18N4S2/c22-17-20(13-19-10-4-5-11-19)18-16(15-9-6-12-23-15)21(17)14-7-2-1-3-8-14/h1-3,6-9,12H,4-5,10-11,13H2. The first-order valence-electron chi connectivity index (χ1n) is 7.84. The predicted octanol–water partition coefficient (Wildman–Crippen LogP) is 4.19. The minimum Gasteiger partial charge on any atom is -0.284 e. The molecule has 2 aromatic heterocycles. The highest BCUT2D eigenvalue weighted by molar-refractivity contribution is 7.71. The van der Waals surface area contributed by atoms with Crippen molar-refractivity contribution >= 4 is 23.6 Å². The second-order valence-corrected chi connectivity index (χ2v) is 7.03. The summed E-state index contributed by atoms with van der Waals surface area (Å²) in [6, 6.07) is 14.4. The molecule has 0 saturated carbocycles. The quantitative estimate of drug-likeness (QED) is 0.665. The molecule has 0 unspecified atom stereocenters. The maximum Gasteiger partial charge on any atom is 0.204 e. The van der Waals surface area contributed by atoms with Gasteiger partial charge < -0.3 is 0 Å². The van der Waals surface area contributed by atoms with E-state index in [1.807, 2.05) is 22.9 Å². The fourth-order valence-electron chi connectivity index (χ4n) is 2.99. The van der Waals surface area contributed by atoms with Gasteiger partial charge in [-0.25, -0.2) is 4.68 Å². The van der Waals surface area contributed by atoms with Crippen LogP contribution in [0.2, 0.25) is 0 Å². The summed E-state index contributed by atoms with van der Waals surface area (Å²) in [7, 11) is 0. The van der Waals surface area contributed by atoms with Gasteiger partial charge in [0.1, 0.15) is 0 Å². The van der Waals surface area contributed by atoms with E-state index < -0.39 is 0 Å². The lowest BCUT2D eigenvalue weighted by Crippen LogP contribution is -2.23. The van der Waals surface area contributed by atoms with Gasteiger partial charge in [0.25, 0.3) is 0 Å². The average Bonchev–Trinajstić information content (AvgIpc) is 3.31. The Morgan fingerprint density at radius 2 is 1.83 bits per heavy atom. The summed E-state index contributed by atoms with van der Waals surface area (Å²) in [5.74, 6) is 0.926. The minimum absolute atomic E-state index is 0.756. The lowest BCUT2D eigenvalue weighted by Gasteiger charge is -2.13. The van der Waals surface area contributed by atoms with Crippen LogP contribution in [0.1, 0.15) is 12.8 Å². The summed E-state index contributed by atoms with van der Waals surface area (Å²) in [5.41, 5.74) is 1.06. The molecule has 6 heteroatoms. The molecule has 1 aromatic carbocycles. The number of aromatic nitrogens is 3. The summed E-state index contributed by atoms with van der Waals surface area (Å²) < 4.78 is 4.80. The molecule has 1 aliphatic heterocycles. The Bertz CT molecular complexity index is 827. The van der Waals surface area contributed by atoms with E-state index in [4.69, 9.17) is 17.3 Å². The fourth-order valence-corrected chi connectivity index (χ4v) is 3.98. The molecule has 0 atom stereocenters. The molecule has 3 aromatic rings. The molecule has 0 radical (unpaired) electrons. The van der Waals surface area contributed by atoms with Crippen molar-refractivity contribution in [1.29, 1.82) is 0 Å². The molecule has 3 heterocycles. The van der Waals surface area contributed by atoms with Gasteiger partial charge in [-0.2, -0.15) is 0 Å². The molecule has 4 rings (SSSR count). The van der Waals surface area contributed by atoms with Gasteiger partial charge in [-0.1, -0.05) is 24.3 Å². The molecule has 0 aliphatic carbocycles. The van der Waals surface area contributed by atoms with Crippen LogP contribution in [0.15, 0.2) is 47.8 Å².